The molecule has 0 saturated carbocycles. The summed E-state index contributed by atoms with van der Waals surface area (Å²) in [7, 11) is 1.96. The van der Waals surface area contributed by atoms with Gasteiger partial charge in [0.1, 0.15) is 0 Å². The Morgan fingerprint density at radius 2 is 2.41 bits per heavy atom. The fraction of sp³-hybridized carbons (Fsp3) is 0.750. The van der Waals surface area contributed by atoms with Crippen molar-refractivity contribution in [2.24, 2.45) is 7.05 Å². The first-order valence-electron chi connectivity index (χ1n) is 6.08. The van der Waals surface area contributed by atoms with E-state index in [1.54, 1.807) is 0 Å². The monoisotopic (exact) mass is 257 g/mol. The van der Waals surface area contributed by atoms with Gasteiger partial charge >= 0.3 is 0 Å². The molecule has 3 rings (SSSR count). The van der Waals surface area contributed by atoms with Gasteiger partial charge in [-0.05, 0) is 31.4 Å². The normalized spacial score (nSPS) is 32.5. The van der Waals surface area contributed by atoms with Crippen LogP contribution >= 0.6 is 12.4 Å². The Morgan fingerprint density at radius 1 is 1.59 bits per heavy atom. The number of aliphatic hydroxyl groups is 1. The average molecular weight is 258 g/mol. The molecule has 1 aromatic rings. The first-order valence-corrected chi connectivity index (χ1v) is 6.08. The maximum Gasteiger partial charge on any atom is 0.0615 e. The number of hydrogen-bond acceptors (Lipinski definition) is 3. The third-order valence-electron chi connectivity index (χ3n) is 4.30. The first-order chi connectivity index (χ1) is 7.73. The van der Waals surface area contributed by atoms with Crippen molar-refractivity contribution in [3.8, 4) is 0 Å². The summed E-state index contributed by atoms with van der Waals surface area (Å²) in [5.74, 6) is 0.557. The zero-order valence-electron chi connectivity index (χ0n) is 10.2. The van der Waals surface area contributed by atoms with Gasteiger partial charge in [0.15, 0.2) is 0 Å². The lowest BCUT2D eigenvalue weighted by Gasteiger charge is -2.29. The second-order valence-corrected chi connectivity index (χ2v) is 5.28. The van der Waals surface area contributed by atoms with Crippen LogP contribution in [0.5, 0.6) is 0 Å². The second kappa shape index (κ2) is 4.59. The van der Waals surface area contributed by atoms with Crippen molar-refractivity contribution < 1.29 is 5.11 Å². The van der Waals surface area contributed by atoms with Crippen LogP contribution in [0.2, 0.25) is 0 Å². The van der Waals surface area contributed by atoms with E-state index in [1.807, 2.05) is 17.9 Å². The van der Waals surface area contributed by atoms with Gasteiger partial charge in [0.05, 0.1) is 12.8 Å². The molecular formula is C12H20ClN3O. The molecule has 2 unspecified atom stereocenters. The molecule has 4 nitrogen and oxygen atoms in total. The van der Waals surface area contributed by atoms with Crippen molar-refractivity contribution in [1.82, 2.24) is 14.7 Å². The van der Waals surface area contributed by atoms with Crippen molar-refractivity contribution in [2.45, 2.75) is 30.7 Å². The van der Waals surface area contributed by atoms with Gasteiger partial charge in [-0.15, -0.1) is 12.4 Å². The molecule has 2 saturated heterocycles. The molecule has 2 fully saturated rings. The lowest BCUT2D eigenvalue weighted by atomic mass is 9.88. The molecule has 0 spiro atoms. The molecule has 1 N–H and O–H groups in total. The molecule has 2 atom stereocenters. The maximum absolute atomic E-state index is 9.63. The molecule has 0 amide bonds. The standard InChI is InChI=1S/C12H19N3O.ClH/c1-14-7-11(6-13-14)10-5-12(9-16)3-2-4-15(12)8-10;/h6-7,10,16H,2-5,8-9H2,1H3;1H. The van der Waals surface area contributed by atoms with E-state index >= 15 is 0 Å². The molecule has 1 aromatic heterocycles. The molecule has 2 aliphatic heterocycles. The van der Waals surface area contributed by atoms with Gasteiger partial charge in [-0.3, -0.25) is 9.58 Å². The van der Waals surface area contributed by atoms with Crippen LogP contribution in [0.4, 0.5) is 0 Å². The van der Waals surface area contributed by atoms with E-state index in [4.69, 9.17) is 0 Å². The zero-order chi connectivity index (χ0) is 11.2. The molecule has 0 aromatic carbocycles. The Labute approximate surface area is 108 Å². The highest BCUT2D eigenvalue weighted by molar-refractivity contribution is 5.85. The van der Waals surface area contributed by atoms with Gasteiger partial charge in [0.25, 0.3) is 0 Å². The van der Waals surface area contributed by atoms with Crippen molar-refractivity contribution in [1.29, 1.82) is 0 Å². The van der Waals surface area contributed by atoms with E-state index in [0.717, 1.165) is 25.9 Å². The number of aryl methyl sites for hydroxylation is 1. The fourth-order valence-electron chi connectivity index (χ4n) is 3.42. The van der Waals surface area contributed by atoms with Crippen LogP contribution in [-0.4, -0.2) is 45.0 Å². The topological polar surface area (TPSA) is 41.3 Å². The molecule has 0 aliphatic carbocycles. The highest BCUT2D eigenvalue weighted by atomic mass is 35.5. The van der Waals surface area contributed by atoms with Crippen LogP contribution < -0.4 is 0 Å². The van der Waals surface area contributed by atoms with Gasteiger partial charge < -0.3 is 5.11 Å². The Balaban J connectivity index is 0.00000108. The molecule has 0 radical (unpaired) electrons. The minimum absolute atomic E-state index is 0. The summed E-state index contributed by atoms with van der Waals surface area (Å²) in [6.45, 7) is 2.55. The highest BCUT2D eigenvalue weighted by Crippen LogP contribution is 2.44. The van der Waals surface area contributed by atoms with E-state index in [1.165, 1.54) is 12.0 Å². The average Bonchev–Trinajstić information content (AvgIpc) is 2.89. The summed E-state index contributed by atoms with van der Waals surface area (Å²) in [6.07, 6.45) is 7.56. The highest BCUT2D eigenvalue weighted by Gasteiger charge is 2.48. The number of halogens is 1. The minimum atomic E-state index is 0. The van der Waals surface area contributed by atoms with Crippen LogP contribution in [-0.2, 0) is 7.05 Å². The minimum Gasteiger partial charge on any atom is -0.394 e. The number of aliphatic hydroxyl groups excluding tert-OH is 1. The van der Waals surface area contributed by atoms with Crippen molar-refractivity contribution in [3.63, 3.8) is 0 Å². The van der Waals surface area contributed by atoms with E-state index in [0.29, 0.717) is 12.5 Å². The van der Waals surface area contributed by atoms with Gasteiger partial charge in [0, 0.05) is 31.2 Å². The van der Waals surface area contributed by atoms with Gasteiger partial charge in [-0.2, -0.15) is 5.10 Å². The Hall–Kier alpha value is -0.580. The molecular weight excluding hydrogens is 238 g/mol. The second-order valence-electron chi connectivity index (χ2n) is 5.28. The zero-order valence-corrected chi connectivity index (χ0v) is 11.0. The summed E-state index contributed by atoms with van der Waals surface area (Å²) in [4.78, 5) is 2.48. The van der Waals surface area contributed by atoms with Crippen molar-refractivity contribution in [2.75, 3.05) is 19.7 Å². The summed E-state index contributed by atoms with van der Waals surface area (Å²) < 4.78 is 1.87. The van der Waals surface area contributed by atoms with Crippen LogP contribution in [0, 0.1) is 0 Å². The third kappa shape index (κ3) is 1.98. The molecule has 17 heavy (non-hydrogen) atoms. The lowest BCUT2D eigenvalue weighted by molar-refractivity contribution is 0.0998. The summed E-state index contributed by atoms with van der Waals surface area (Å²) in [5.41, 5.74) is 1.41. The molecule has 0 bridgehead atoms. The number of nitrogens with zero attached hydrogens (tertiary/aromatic N) is 3. The fourth-order valence-corrected chi connectivity index (χ4v) is 3.42. The Kier molecular flexibility index (Phi) is 3.48. The van der Waals surface area contributed by atoms with Gasteiger partial charge in [0.2, 0.25) is 0 Å². The third-order valence-corrected chi connectivity index (χ3v) is 4.30. The number of fused-ring (bicyclic) bond motifs is 1. The van der Waals surface area contributed by atoms with E-state index < -0.39 is 0 Å². The smallest absolute Gasteiger partial charge is 0.0615 e. The predicted molar refractivity (Wildman–Crippen MR) is 68.4 cm³/mol. The summed E-state index contributed by atoms with van der Waals surface area (Å²) in [6, 6.07) is 0. The van der Waals surface area contributed by atoms with Crippen LogP contribution in [0.3, 0.4) is 0 Å². The van der Waals surface area contributed by atoms with Crippen molar-refractivity contribution in [3.05, 3.63) is 18.0 Å². The van der Waals surface area contributed by atoms with Gasteiger partial charge in [-0.1, -0.05) is 0 Å². The van der Waals surface area contributed by atoms with Crippen molar-refractivity contribution >= 4 is 12.4 Å². The number of hydrogen-bond donors (Lipinski definition) is 1. The van der Waals surface area contributed by atoms with Crippen LogP contribution in [0.1, 0.15) is 30.7 Å². The number of rotatable bonds is 2. The van der Waals surface area contributed by atoms with E-state index in [9.17, 15) is 5.11 Å². The maximum atomic E-state index is 9.63. The quantitative estimate of drug-likeness (QED) is 0.865. The number of aromatic nitrogens is 2. The molecule has 3 heterocycles. The van der Waals surface area contributed by atoms with Crippen LogP contribution in [0.25, 0.3) is 0 Å². The summed E-state index contributed by atoms with van der Waals surface area (Å²) >= 11 is 0. The Bertz CT molecular complexity index is 395. The van der Waals surface area contributed by atoms with Crippen LogP contribution in [0.15, 0.2) is 12.4 Å². The van der Waals surface area contributed by atoms with E-state index in [2.05, 4.69) is 16.2 Å². The lowest BCUT2D eigenvalue weighted by Crippen LogP contribution is -2.41. The Morgan fingerprint density at radius 3 is 3.00 bits per heavy atom. The SMILES string of the molecule is Cl.Cn1cc(C2CN3CCCC3(CO)C2)cn1. The van der Waals surface area contributed by atoms with E-state index in [-0.39, 0.29) is 17.9 Å². The summed E-state index contributed by atoms with van der Waals surface area (Å²) in [5, 5.41) is 13.9. The predicted octanol–water partition coefficient (Wildman–Crippen LogP) is 1.16. The first kappa shape index (κ1) is 12.9. The largest absolute Gasteiger partial charge is 0.394 e. The van der Waals surface area contributed by atoms with Gasteiger partial charge in [-0.25, -0.2) is 0 Å². The molecule has 2 aliphatic rings. The molecule has 96 valence electrons. The molecule has 5 heteroatoms.